The topological polar surface area (TPSA) is 29.5 Å². The molecule has 98 valence electrons. The standard InChI is InChI=1S/C15H21NO2/c1-3-13-4-6-14(7-5-13)8-9-15(17)16-10-11-18-12(16)2/h4-7,12H,3,8-11H2,1-2H3. The van der Waals surface area contributed by atoms with E-state index in [2.05, 4.69) is 31.2 Å². The normalized spacial score (nSPS) is 19.2. The maximum Gasteiger partial charge on any atom is 0.225 e. The van der Waals surface area contributed by atoms with Crippen LogP contribution in [0.25, 0.3) is 0 Å². The van der Waals surface area contributed by atoms with Crippen LogP contribution in [0, 0.1) is 0 Å². The van der Waals surface area contributed by atoms with Gasteiger partial charge >= 0.3 is 0 Å². The molecule has 0 saturated carbocycles. The maximum atomic E-state index is 12.0. The third kappa shape index (κ3) is 3.10. The highest BCUT2D eigenvalue weighted by atomic mass is 16.5. The second-order valence-corrected chi connectivity index (χ2v) is 4.73. The molecule has 1 aliphatic heterocycles. The molecule has 0 radical (unpaired) electrons. The van der Waals surface area contributed by atoms with Crippen LogP contribution in [0.4, 0.5) is 0 Å². The van der Waals surface area contributed by atoms with Crippen molar-refractivity contribution in [3.63, 3.8) is 0 Å². The summed E-state index contributed by atoms with van der Waals surface area (Å²) in [5, 5.41) is 0. The number of aryl methyl sites for hydroxylation is 2. The average Bonchev–Trinajstić information content (AvgIpc) is 2.83. The Morgan fingerprint density at radius 2 is 2.00 bits per heavy atom. The van der Waals surface area contributed by atoms with Gasteiger partial charge in [-0.15, -0.1) is 0 Å². The summed E-state index contributed by atoms with van der Waals surface area (Å²) in [6.45, 7) is 5.47. The zero-order chi connectivity index (χ0) is 13.0. The van der Waals surface area contributed by atoms with Crippen LogP contribution >= 0.6 is 0 Å². The number of amides is 1. The maximum absolute atomic E-state index is 12.0. The van der Waals surface area contributed by atoms with Crippen molar-refractivity contribution < 1.29 is 9.53 Å². The molecule has 1 fully saturated rings. The van der Waals surface area contributed by atoms with Gasteiger partial charge in [-0.05, 0) is 30.9 Å². The SMILES string of the molecule is CCc1ccc(CCC(=O)N2CCOC2C)cc1. The zero-order valence-corrected chi connectivity index (χ0v) is 11.2. The zero-order valence-electron chi connectivity index (χ0n) is 11.2. The number of hydrogen-bond donors (Lipinski definition) is 0. The van der Waals surface area contributed by atoms with E-state index in [1.807, 2.05) is 11.8 Å². The summed E-state index contributed by atoms with van der Waals surface area (Å²) in [6, 6.07) is 8.52. The molecule has 1 aliphatic rings. The molecule has 1 heterocycles. The summed E-state index contributed by atoms with van der Waals surface area (Å²) >= 11 is 0. The van der Waals surface area contributed by atoms with E-state index in [0.29, 0.717) is 13.0 Å². The van der Waals surface area contributed by atoms with Gasteiger partial charge in [0.15, 0.2) is 0 Å². The van der Waals surface area contributed by atoms with E-state index in [0.717, 1.165) is 19.4 Å². The fraction of sp³-hybridized carbons (Fsp3) is 0.533. The van der Waals surface area contributed by atoms with Gasteiger partial charge in [-0.2, -0.15) is 0 Å². The molecule has 0 aromatic heterocycles. The van der Waals surface area contributed by atoms with E-state index >= 15 is 0 Å². The van der Waals surface area contributed by atoms with Gasteiger partial charge in [-0.3, -0.25) is 4.79 Å². The lowest BCUT2D eigenvalue weighted by Crippen LogP contribution is -2.34. The third-order valence-corrected chi connectivity index (χ3v) is 3.51. The highest BCUT2D eigenvalue weighted by molar-refractivity contribution is 5.76. The molecule has 1 amide bonds. The first-order chi connectivity index (χ1) is 8.70. The van der Waals surface area contributed by atoms with Crippen LogP contribution in [0.2, 0.25) is 0 Å². The summed E-state index contributed by atoms with van der Waals surface area (Å²) in [5.74, 6) is 0.194. The second-order valence-electron chi connectivity index (χ2n) is 4.73. The molecule has 3 nitrogen and oxygen atoms in total. The van der Waals surface area contributed by atoms with Crippen molar-refractivity contribution >= 4 is 5.91 Å². The van der Waals surface area contributed by atoms with Crippen molar-refractivity contribution in [3.05, 3.63) is 35.4 Å². The Balaban J connectivity index is 1.85. The Labute approximate surface area is 109 Å². The molecule has 1 saturated heterocycles. The lowest BCUT2D eigenvalue weighted by atomic mass is 10.1. The molecule has 0 aliphatic carbocycles. The van der Waals surface area contributed by atoms with Gasteiger partial charge in [0.2, 0.25) is 5.91 Å². The van der Waals surface area contributed by atoms with E-state index in [1.54, 1.807) is 0 Å². The van der Waals surface area contributed by atoms with Crippen molar-refractivity contribution in [3.8, 4) is 0 Å². The van der Waals surface area contributed by atoms with Gasteiger partial charge in [-0.1, -0.05) is 31.2 Å². The lowest BCUT2D eigenvalue weighted by molar-refractivity contribution is -0.135. The predicted molar refractivity (Wildman–Crippen MR) is 71.3 cm³/mol. The minimum absolute atomic E-state index is 0.0556. The van der Waals surface area contributed by atoms with Crippen LogP contribution in [0.3, 0.4) is 0 Å². The molecule has 0 spiro atoms. The molecule has 1 aromatic carbocycles. The van der Waals surface area contributed by atoms with Crippen LogP contribution < -0.4 is 0 Å². The Kier molecular flexibility index (Phi) is 4.37. The van der Waals surface area contributed by atoms with Crippen molar-refractivity contribution in [2.24, 2.45) is 0 Å². The van der Waals surface area contributed by atoms with Crippen LogP contribution in [-0.2, 0) is 22.4 Å². The van der Waals surface area contributed by atoms with Gasteiger partial charge in [0.1, 0.15) is 6.23 Å². The lowest BCUT2D eigenvalue weighted by Gasteiger charge is -2.19. The molecule has 2 rings (SSSR count). The third-order valence-electron chi connectivity index (χ3n) is 3.51. The summed E-state index contributed by atoms with van der Waals surface area (Å²) in [5.41, 5.74) is 2.57. The number of carbonyl (C=O) groups is 1. The van der Waals surface area contributed by atoms with Gasteiger partial charge in [0.05, 0.1) is 6.61 Å². The minimum atomic E-state index is -0.0556. The average molecular weight is 247 g/mol. The van der Waals surface area contributed by atoms with Gasteiger partial charge < -0.3 is 9.64 Å². The quantitative estimate of drug-likeness (QED) is 0.817. The van der Waals surface area contributed by atoms with Crippen molar-refractivity contribution in [2.75, 3.05) is 13.2 Å². The number of carbonyl (C=O) groups excluding carboxylic acids is 1. The first kappa shape index (κ1) is 13.1. The van der Waals surface area contributed by atoms with Gasteiger partial charge in [-0.25, -0.2) is 0 Å². The Bertz CT molecular complexity index is 399. The minimum Gasteiger partial charge on any atom is -0.357 e. The molecular weight excluding hydrogens is 226 g/mol. The molecule has 0 N–H and O–H groups in total. The van der Waals surface area contributed by atoms with E-state index in [-0.39, 0.29) is 12.1 Å². The van der Waals surface area contributed by atoms with Crippen molar-refractivity contribution in [1.82, 2.24) is 4.90 Å². The summed E-state index contributed by atoms with van der Waals surface area (Å²) in [6.07, 6.45) is 2.38. The number of rotatable bonds is 4. The Morgan fingerprint density at radius 1 is 1.33 bits per heavy atom. The number of benzene rings is 1. The van der Waals surface area contributed by atoms with E-state index < -0.39 is 0 Å². The molecule has 18 heavy (non-hydrogen) atoms. The molecule has 1 unspecified atom stereocenters. The highest BCUT2D eigenvalue weighted by Gasteiger charge is 2.25. The Hall–Kier alpha value is -1.35. The van der Waals surface area contributed by atoms with E-state index in [1.165, 1.54) is 11.1 Å². The molecule has 3 heteroatoms. The van der Waals surface area contributed by atoms with Gasteiger partial charge in [0, 0.05) is 13.0 Å². The largest absolute Gasteiger partial charge is 0.357 e. The Morgan fingerprint density at radius 3 is 2.56 bits per heavy atom. The first-order valence-corrected chi connectivity index (χ1v) is 6.69. The highest BCUT2D eigenvalue weighted by Crippen LogP contribution is 2.13. The number of hydrogen-bond acceptors (Lipinski definition) is 2. The second kappa shape index (κ2) is 6.01. The predicted octanol–water partition coefficient (Wildman–Crippen LogP) is 2.39. The fourth-order valence-corrected chi connectivity index (χ4v) is 2.26. The van der Waals surface area contributed by atoms with Crippen LogP contribution in [0.1, 0.15) is 31.4 Å². The summed E-state index contributed by atoms with van der Waals surface area (Å²) in [4.78, 5) is 13.8. The van der Waals surface area contributed by atoms with Gasteiger partial charge in [0.25, 0.3) is 0 Å². The van der Waals surface area contributed by atoms with E-state index in [9.17, 15) is 4.79 Å². The molecule has 0 bridgehead atoms. The molecule has 1 aromatic rings. The molecule has 1 atom stereocenters. The monoisotopic (exact) mass is 247 g/mol. The summed E-state index contributed by atoms with van der Waals surface area (Å²) in [7, 11) is 0. The van der Waals surface area contributed by atoms with Crippen LogP contribution in [0.5, 0.6) is 0 Å². The first-order valence-electron chi connectivity index (χ1n) is 6.69. The van der Waals surface area contributed by atoms with Crippen molar-refractivity contribution in [1.29, 1.82) is 0 Å². The van der Waals surface area contributed by atoms with Crippen LogP contribution in [-0.4, -0.2) is 30.2 Å². The number of nitrogens with zero attached hydrogens (tertiary/aromatic N) is 1. The number of ether oxygens (including phenoxy) is 1. The molecular formula is C15H21NO2. The smallest absolute Gasteiger partial charge is 0.225 e. The van der Waals surface area contributed by atoms with Crippen molar-refractivity contribution in [2.45, 2.75) is 39.3 Å². The van der Waals surface area contributed by atoms with Crippen LogP contribution in [0.15, 0.2) is 24.3 Å². The fourth-order valence-electron chi connectivity index (χ4n) is 2.26. The van der Waals surface area contributed by atoms with E-state index in [4.69, 9.17) is 4.74 Å². The summed E-state index contributed by atoms with van der Waals surface area (Å²) < 4.78 is 5.37.